The number of hydrogen-bond acceptors (Lipinski definition) is 7. The number of fused-ring (bicyclic) bond motifs is 2. The number of carboxylic acids is 2. The molecule has 12 heteroatoms. The van der Waals surface area contributed by atoms with E-state index in [0.717, 1.165) is 11.1 Å². The molecule has 1 atom stereocenters. The van der Waals surface area contributed by atoms with E-state index in [1.54, 1.807) is 19.2 Å². The van der Waals surface area contributed by atoms with Crippen LogP contribution in [0.1, 0.15) is 57.3 Å². The van der Waals surface area contributed by atoms with Gasteiger partial charge in [0.05, 0.1) is 18.0 Å². The third kappa shape index (κ3) is 4.35. The van der Waals surface area contributed by atoms with Crippen molar-refractivity contribution in [3.8, 4) is 0 Å². The summed E-state index contributed by atoms with van der Waals surface area (Å²) in [4.78, 5) is 55.2. The van der Waals surface area contributed by atoms with E-state index in [2.05, 4.69) is 25.7 Å². The van der Waals surface area contributed by atoms with Crippen molar-refractivity contribution in [2.75, 3.05) is 5.32 Å². The smallest absolute Gasteiger partial charge is 0.335 e. The minimum Gasteiger partial charge on any atom is -0.481 e. The number of nitrogens with zero attached hydrogens (tertiary/aromatic N) is 4. The molecule has 0 bridgehead atoms. The Labute approximate surface area is 186 Å². The minimum absolute atomic E-state index is 0.0252. The molecule has 1 aliphatic carbocycles. The number of nitrogens with one attached hydrogen (secondary N) is 2. The molecular formula is C21H20N6O6. The zero-order valence-corrected chi connectivity index (χ0v) is 17.5. The number of rotatable bonds is 7. The second-order valence-electron chi connectivity index (χ2n) is 7.62. The highest BCUT2D eigenvalue weighted by Gasteiger charge is 2.27. The van der Waals surface area contributed by atoms with Crippen molar-refractivity contribution in [3.05, 3.63) is 46.9 Å². The number of aryl methyl sites for hydroxylation is 2. The first-order chi connectivity index (χ1) is 15.7. The first kappa shape index (κ1) is 21.9. The third-order valence-corrected chi connectivity index (χ3v) is 5.43. The average molecular weight is 452 g/mol. The van der Waals surface area contributed by atoms with Crippen LogP contribution in [0.15, 0.2) is 24.5 Å². The fourth-order valence-corrected chi connectivity index (χ4v) is 3.85. The molecule has 4 N–H and O–H groups in total. The van der Waals surface area contributed by atoms with Crippen LogP contribution in [-0.2, 0) is 23.1 Å². The summed E-state index contributed by atoms with van der Waals surface area (Å²) in [5.41, 5.74) is 2.38. The predicted octanol–water partition coefficient (Wildman–Crippen LogP) is 1.28. The molecular weight excluding hydrogens is 432 g/mol. The van der Waals surface area contributed by atoms with Crippen LogP contribution < -0.4 is 10.6 Å². The number of carbonyl (C=O) groups is 4. The van der Waals surface area contributed by atoms with E-state index < -0.39 is 23.8 Å². The van der Waals surface area contributed by atoms with E-state index in [0.29, 0.717) is 12.8 Å². The second-order valence-corrected chi connectivity index (χ2v) is 7.62. The minimum atomic E-state index is -1.09. The predicted molar refractivity (Wildman–Crippen MR) is 114 cm³/mol. The summed E-state index contributed by atoms with van der Waals surface area (Å²) >= 11 is 0. The summed E-state index contributed by atoms with van der Waals surface area (Å²) in [7, 11) is 1.56. The van der Waals surface area contributed by atoms with Crippen molar-refractivity contribution in [1.82, 2.24) is 25.1 Å². The lowest BCUT2D eigenvalue weighted by Gasteiger charge is -2.14. The maximum absolute atomic E-state index is 13.0. The summed E-state index contributed by atoms with van der Waals surface area (Å²) in [6.07, 6.45) is 1.90. The molecule has 0 saturated heterocycles. The first-order valence-electron chi connectivity index (χ1n) is 10.1. The molecule has 0 spiro atoms. The lowest BCUT2D eigenvalue weighted by Crippen LogP contribution is -2.28. The fourth-order valence-electron chi connectivity index (χ4n) is 3.85. The molecule has 0 saturated carbocycles. The van der Waals surface area contributed by atoms with Gasteiger partial charge in [0.15, 0.2) is 11.5 Å². The van der Waals surface area contributed by atoms with Gasteiger partial charge in [0, 0.05) is 13.5 Å². The summed E-state index contributed by atoms with van der Waals surface area (Å²) in [6.45, 7) is 0. The summed E-state index contributed by atoms with van der Waals surface area (Å²) in [5.74, 6) is -2.87. The van der Waals surface area contributed by atoms with Gasteiger partial charge in [-0.15, -0.1) is 0 Å². The van der Waals surface area contributed by atoms with Crippen LogP contribution in [0.4, 0.5) is 5.82 Å². The highest BCUT2D eigenvalue weighted by molar-refractivity contribution is 6.07. The van der Waals surface area contributed by atoms with Crippen molar-refractivity contribution >= 4 is 40.6 Å². The largest absolute Gasteiger partial charge is 0.481 e. The molecule has 0 radical (unpaired) electrons. The van der Waals surface area contributed by atoms with Crippen molar-refractivity contribution < 1.29 is 29.4 Å². The average Bonchev–Trinajstić information content (AvgIpc) is 3.32. The Bertz CT molecular complexity index is 1300. The van der Waals surface area contributed by atoms with Gasteiger partial charge in [0.1, 0.15) is 17.4 Å². The van der Waals surface area contributed by atoms with E-state index in [1.165, 1.54) is 17.1 Å². The molecule has 1 aromatic carbocycles. The molecule has 2 aromatic heterocycles. The van der Waals surface area contributed by atoms with Crippen LogP contribution >= 0.6 is 0 Å². The Balaban J connectivity index is 1.56. The quantitative estimate of drug-likeness (QED) is 0.411. The van der Waals surface area contributed by atoms with Crippen LogP contribution in [0.25, 0.3) is 11.0 Å². The van der Waals surface area contributed by atoms with Crippen molar-refractivity contribution in [2.24, 2.45) is 7.05 Å². The van der Waals surface area contributed by atoms with E-state index in [9.17, 15) is 19.2 Å². The maximum Gasteiger partial charge on any atom is 0.335 e. The van der Waals surface area contributed by atoms with Gasteiger partial charge in [-0.3, -0.25) is 14.4 Å². The summed E-state index contributed by atoms with van der Waals surface area (Å²) in [5, 5.41) is 27.7. The number of benzene rings is 1. The maximum atomic E-state index is 13.0. The number of hydrogen-bond donors (Lipinski definition) is 4. The highest BCUT2D eigenvalue weighted by Crippen LogP contribution is 2.32. The molecule has 0 fully saturated rings. The molecule has 1 aliphatic rings. The van der Waals surface area contributed by atoms with Gasteiger partial charge in [-0.1, -0.05) is 6.07 Å². The number of aliphatic carboxylic acids is 1. The van der Waals surface area contributed by atoms with Crippen molar-refractivity contribution in [1.29, 1.82) is 0 Å². The van der Waals surface area contributed by atoms with Gasteiger partial charge in [0.2, 0.25) is 5.91 Å². The van der Waals surface area contributed by atoms with Gasteiger partial charge in [-0.25, -0.2) is 19.4 Å². The number of aromatic carboxylic acids is 1. The Hall–Kier alpha value is -4.35. The second kappa shape index (κ2) is 8.65. The Morgan fingerprint density at radius 1 is 1.12 bits per heavy atom. The SMILES string of the molecule is Cn1nc2c(C(=O)N[C@H]3CCc4cc(C(=O)O)ccc43)ncnc2c1NC(=O)CCC(=O)O. The summed E-state index contributed by atoms with van der Waals surface area (Å²) < 4.78 is 1.34. The number of amides is 2. The number of carboxylic acid groups (broad SMARTS) is 2. The van der Waals surface area contributed by atoms with Gasteiger partial charge in [-0.2, -0.15) is 5.10 Å². The zero-order chi connectivity index (χ0) is 23.7. The molecule has 3 aromatic rings. The Morgan fingerprint density at radius 2 is 1.91 bits per heavy atom. The monoisotopic (exact) mass is 452 g/mol. The molecule has 2 amide bonds. The molecule has 170 valence electrons. The van der Waals surface area contributed by atoms with Gasteiger partial charge >= 0.3 is 11.9 Å². The molecule has 33 heavy (non-hydrogen) atoms. The topological polar surface area (TPSA) is 176 Å². The van der Waals surface area contributed by atoms with Gasteiger partial charge in [0.25, 0.3) is 5.91 Å². The number of carbonyl (C=O) groups excluding carboxylic acids is 2. The first-order valence-corrected chi connectivity index (χ1v) is 10.1. The Morgan fingerprint density at radius 3 is 2.64 bits per heavy atom. The van der Waals surface area contributed by atoms with Gasteiger partial charge in [-0.05, 0) is 36.1 Å². The lowest BCUT2D eigenvalue weighted by atomic mass is 10.0. The van der Waals surface area contributed by atoms with E-state index >= 15 is 0 Å². The number of anilines is 1. The standard InChI is InChI=1S/C21H20N6O6/c1-27-19(25-14(28)6-7-15(29)30)17-16(26-27)18(23-9-22-17)20(31)24-13-5-3-10-8-11(21(32)33)2-4-12(10)13/h2,4,8-9,13H,3,5-7H2,1H3,(H,24,31)(H,25,28)(H,29,30)(H,32,33)/t13-/m0/s1. The normalized spacial score (nSPS) is 14.6. The van der Waals surface area contributed by atoms with E-state index in [4.69, 9.17) is 10.2 Å². The number of aromatic nitrogens is 4. The van der Waals surface area contributed by atoms with Gasteiger partial charge < -0.3 is 20.8 Å². The van der Waals surface area contributed by atoms with Crippen LogP contribution in [0.5, 0.6) is 0 Å². The molecule has 4 rings (SSSR count). The fraction of sp³-hybridized carbons (Fsp3) is 0.286. The van der Waals surface area contributed by atoms with Crippen molar-refractivity contribution in [2.45, 2.75) is 31.7 Å². The Kier molecular flexibility index (Phi) is 5.73. The van der Waals surface area contributed by atoms with Crippen LogP contribution in [0, 0.1) is 0 Å². The van der Waals surface area contributed by atoms with Crippen LogP contribution in [0.3, 0.4) is 0 Å². The zero-order valence-electron chi connectivity index (χ0n) is 17.5. The summed E-state index contributed by atoms with van der Waals surface area (Å²) in [6, 6.07) is 4.52. The van der Waals surface area contributed by atoms with Crippen molar-refractivity contribution in [3.63, 3.8) is 0 Å². The third-order valence-electron chi connectivity index (χ3n) is 5.43. The lowest BCUT2D eigenvalue weighted by molar-refractivity contribution is -0.138. The van der Waals surface area contributed by atoms with E-state index in [-0.39, 0.29) is 47.0 Å². The highest BCUT2D eigenvalue weighted by atomic mass is 16.4. The molecule has 0 unspecified atom stereocenters. The molecule has 0 aliphatic heterocycles. The molecule has 12 nitrogen and oxygen atoms in total. The molecule has 2 heterocycles. The van der Waals surface area contributed by atoms with Crippen LogP contribution in [0.2, 0.25) is 0 Å². The van der Waals surface area contributed by atoms with Crippen LogP contribution in [-0.4, -0.2) is 53.7 Å². The van der Waals surface area contributed by atoms with E-state index in [1.807, 2.05) is 0 Å².